The van der Waals surface area contributed by atoms with Crippen LogP contribution in [0.15, 0.2) is 0 Å². The van der Waals surface area contributed by atoms with Crippen LogP contribution in [0.4, 0.5) is 0 Å². The average Bonchev–Trinajstić information content (AvgIpc) is 2.10. The lowest BCUT2D eigenvalue weighted by molar-refractivity contribution is -0.142. The van der Waals surface area contributed by atoms with Gasteiger partial charge in [-0.3, -0.25) is 4.79 Å². The first-order chi connectivity index (χ1) is 6.22. The summed E-state index contributed by atoms with van der Waals surface area (Å²) in [5.74, 6) is -0.162. The van der Waals surface area contributed by atoms with Gasteiger partial charge in [0.2, 0.25) is 0 Å². The molecule has 0 radical (unpaired) electrons. The van der Waals surface area contributed by atoms with Gasteiger partial charge >= 0.3 is 5.97 Å². The second-order valence-electron chi connectivity index (χ2n) is 3.40. The third kappa shape index (κ3) is 6.94. The molecule has 0 amide bonds. The molecule has 0 bridgehead atoms. The van der Waals surface area contributed by atoms with E-state index in [1.807, 2.05) is 0 Å². The predicted molar refractivity (Wildman–Crippen MR) is 58.4 cm³/mol. The molecule has 0 aliphatic carbocycles. The quantitative estimate of drug-likeness (QED) is 0.471. The molecule has 0 rings (SSSR count). The Morgan fingerprint density at radius 1 is 1.31 bits per heavy atom. The summed E-state index contributed by atoms with van der Waals surface area (Å²) in [6, 6.07) is 0. The molecular weight excluding hydrogens is 184 g/mol. The van der Waals surface area contributed by atoms with Crippen LogP contribution in [-0.2, 0) is 4.79 Å². The van der Waals surface area contributed by atoms with Crippen LogP contribution >= 0.6 is 12.6 Å². The Morgan fingerprint density at radius 3 is 2.46 bits per heavy atom. The van der Waals surface area contributed by atoms with Gasteiger partial charge in [-0.1, -0.05) is 32.6 Å². The second kappa shape index (κ2) is 8.42. The van der Waals surface area contributed by atoms with E-state index in [1.54, 1.807) is 0 Å². The number of carboxylic acid groups (broad SMARTS) is 1. The van der Waals surface area contributed by atoms with Crippen molar-refractivity contribution >= 4 is 18.6 Å². The monoisotopic (exact) mass is 204 g/mol. The highest BCUT2D eigenvalue weighted by atomic mass is 32.1. The van der Waals surface area contributed by atoms with Gasteiger partial charge in [-0.05, 0) is 18.6 Å². The van der Waals surface area contributed by atoms with Gasteiger partial charge in [0.15, 0.2) is 0 Å². The largest absolute Gasteiger partial charge is 0.481 e. The first-order valence-electron chi connectivity index (χ1n) is 5.06. The van der Waals surface area contributed by atoms with Crippen molar-refractivity contribution in [2.45, 2.75) is 45.4 Å². The SMILES string of the molecule is CCCCCCC(CCS)C(=O)O. The summed E-state index contributed by atoms with van der Waals surface area (Å²) in [7, 11) is 0. The second-order valence-corrected chi connectivity index (χ2v) is 3.84. The lowest BCUT2D eigenvalue weighted by Gasteiger charge is -2.09. The zero-order valence-electron chi connectivity index (χ0n) is 8.33. The molecule has 0 aromatic heterocycles. The van der Waals surface area contributed by atoms with Gasteiger partial charge < -0.3 is 5.11 Å². The molecule has 0 heterocycles. The number of carbonyl (C=O) groups is 1. The number of aliphatic carboxylic acids is 1. The van der Waals surface area contributed by atoms with Crippen molar-refractivity contribution in [2.24, 2.45) is 5.92 Å². The van der Waals surface area contributed by atoms with Crippen molar-refractivity contribution in [2.75, 3.05) is 5.75 Å². The molecule has 0 aromatic carbocycles. The Labute approximate surface area is 86.1 Å². The number of carboxylic acids is 1. The minimum Gasteiger partial charge on any atom is -0.481 e. The third-order valence-electron chi connectivity index (χ3n) is 2.23. The summed E-state index contributed by atoms with van der Waals surface area (Å²) in [4.78, 5) is 10.7. The van der Waals surface area contributed by atoms with Crippen molar-refractivity contribution in [1.29, 1.82) is 0 Å². The summed E-state index contributed by atoms with van der Waals surface area (Å²) in [5, 5.41) is 8.83. The molecular formula is C10H20O2S. The van der Waals surface area contributed by atoms with E-state index in [0.717, 1.165) is 19.3 Å². The van der Waals surface area contributed by atoms with E-state index < -0.39 is 5.97 Å². The highest BCUT2D eigenvalue weighted by Gasteiger charge is 2.15. The van der Waals surface area contributed by atoms with Crippen molar-refractivity contribution < 1.29 is 9.90 Å². The molecule has 0 fully saturated rings. The first kappa shape index (κ1) is 12.8. The van der Waals surface area contributed by atoms with Gasteiger partial charge in [0.1, 0.15) is 0 Å². The standard InChI is InChI=1S/C10H20O2S/c1-2-3-4-5-6-9(7-8-13)10(11)12/h9,13H,2-8H2,1H3,(H,11,12). The maximum atomic E-state index is 10.7. The Bertz CT molecular complexity index is 137. The minimum absolute atomic E-state index is 0.172. The van der Waals surface area contributed by atoms with Crippen LogP contribution in [0.2, 0.25) is 0 Å². The lowest BCUT2D eigenvalue weighted by Crippen LogP contribution is -2.14. The molecule has 0 saturated heterocycles. The Kier molecular flexibility index (Phi) is 8.30. The highest BCUT2D eigenvalue weighted by molar-refractivity contribution is 7.80. The number of hydrogen-bond acceptors (Lipinski definition) is 2. The fraction of sp³-hybridized carbons (Fsp3) is 0.900. The van der Waals surface area contributed by atoms with Gasteiger partial charge in [-0.25, -0.2) is 0 Å². The van der Waals surface area contributed by atoms with E-state index in [2.05, 4.69) is 19.6 Å². The molecule has 0 aliphatic rings. The molecule has 1 atom stereocenters. The van der Waals surface area contributed by atoms with Crippen LogP contribution in [0.5, 0.6) is 0 Å². The normalized spacial score (nSPS) is 12.8. The van der Waals surface area contributed by atoms with Crippen LogP contribution in [0.25, 0.3) is 0 Å². The molecule has 0 saturated carbocycles. The molecule has 3 heteroatoms. The van der Waals surface area contributed by atoms with Crippen molar-refractivity contribution in [1.82, 2.24) is 0 Å². The lowest BCUT2D eigenvalue weighted by atomic mass is 9.98. The summed E-state index contributed by atoms with van der Waals surface area (Å²) >= 11 is 4.05. The maximum absolute atomic E-state index is 10.7. The maximum Gasteiger partial charge on any atom is 0.306 e. The average molecular weight is 204 g/mol. The van der Waals surface area contributed by atoms with Crippen LogP contribution < -0.4 is 0 Å². The van der Waals surface area contributed by atoms with Crippen LogP contribution in [0.3, 0.4) is 0 Å². The smallest absolute Gasteiger partial charge is 0.306 e. The summed E-state index contributed by atoms with van der Waals surface area (Å²) in [5.41, 5.74) is 0. The summed E-state index contributed by atoms with van der Waals surface area (Å²) in [6.45, 7) is 2.16. The van der Waals surface area contributed by atoms with Crippen LogP contribution in [-0.4, -0.2) is 16.8 Å². The van der Waals surface area contributed by atoms with E-state index in [-0.39, 0.29) is 5.92 Å². The molecule has 1 unspecified atom stereocenters. The zero-order chi connectivity index (χ0) is 10.1. The molecule has 1 N–H and O–H groups in total. The molecule has 0 aromatic rings. The molecule has 0 aliphatic heterocycles. The van der Waals surface area contributed by atoms with E-state index in [9.17, 15) is 4.79 Å². The molecule has 78 valence electrons. The van der Waals surface area contributed by atoms with Crippen LogP contribution in [0.1, 0.15) is 45.4 Å². The van der Waals surface area contributed by atoms with E-state index in [1.165, 1.54) is 12.8 Å². The Hall–Kier alpha value is -0.180. The Morgan fingerprint density at radius 2 is 2.00 bits per heavy atom. The van der Waals surface area contributed by atoms with Gasteiger partial charge in [-0.2, -0.15) is 12.6 Å². The van der Waals surface area contributed by atoms with Gasteiger partial charge in [-0.15, -0.1) is 0 Å². The van der Waals surface area contributed by atoms with Crippen molar-refractivity contribution in [3.05, 3.63) is 0 Å². The van der Waals surface area contributed by atoms with Gasteiger partial charge in [0, 0.05) is 0 Å². The number of thiol groups is 1. The summed E-state index contributed by atoms with van der Waals surface area (Å²) < 4.78 is 0. The molecule has 0 spiro atoms. The fourth-order valence-electron chi connectivity index (χ4n) is 1.36. The molecule has 2 nitrogen and oxygen atoms in total. The molecule has 13 heavy (non-hydrogen) atoms. The van der Waals surface area contributed by atoms with Crippen LogP contribution in [0, 0.1) is 5.92 Å². The van der Waals surface area contributed by atoms with Gasteiger partial charge in [0.25, 0.3) is 0 Å². The van der Waals surface area contributed by atoms with E-state index in [0.29, 0.717) is 12.2 Å². The number of hydrogen-bond donors (Lipinski definition) is 2. The zero-order valence-corrected chi connectivity index (χ0v) is 9.22. The first-order valence-corrected chi connectivity index (χ1v) is 5.69. The Balaban J connectivity index is 3.51. The van der Waals surface area contributed by atoms with Crippen molar-refractivity contribution in [3.63, 3.8) is 0 Å². The van der Waals surface area contributed by atoms with E-state index >= 15 is 0 Å². The topological polar surface area (TPSA) is 37.3 Å². The fourth-order valence-corrected chi connectivity index (χ4v) is 1.68. The number of rotatable bonds is 8. The highest BCUT2D eigenvalue weighted by Crippen LogP contribution is 2.15. The minimum atomic E-state index is -0.662. The number of unbranched alkanes of at least 4 members (excludes halogenated alkanes) is 3. The van der Waals surface area contributed by atoms with Gasteiger partial charge in [0.05, 0.1) is 5.92 Å². The summed E-state index contributed by atoms with van der Waals surface area (Å²) in [6.07, 6.45) is 6.13. The third-order valence-corrected chi connectivity index (χ3v) is 2.49. The predicted octanol–water partition coefficient (Wildman–Crippen LogP) is 2.98. The van der Waals surface area contributed by atoms with Crippen molar-refractivity contribution in [3.8, 4) is 0 Å². The van der Waals surface area contributed by atoms with E-state index in [4.69, 9.17) is 5.11 Å².